The van der Waals surface area contributed by atoms with E-state index in [1.165, 1.54) is 82.6 Å². The molecular formula is C73H49N3. The van der Waals surface area contributed by atoms with Crippen LogP contribution in [0.1, 0.15) is 22.3 Å². The summed E-state index contributed by atoms with van der Waals surface area (Å²) >= 11 is 0. The fourth-order valence-electron chi connectivity index (χ4n) is 12.7. The Morgan fingerprint density at radius 1 is 0.263 bits per heavy atom. The highest BCUT2D eigenvalue weighted by Crippen LogP contribution is 2.57. The van der Waals surface area contributed by atoms with Crippen molar-refractivity contribution in [1.82, 2.24) is 9.13 Å². The van der Waals surface area contributed by atoms with Crippen LogP contribution >= 0.6 is 0 Å². The molecule has 0 radical (unpaired) electrons. The number of hydrogen-bond donors (Lipinski definition) is 0. The standard InChI is InChI=1S/C73H49N3/c1-5-21-53(22-6-1)73(54-23-7-2-8-24-54)66-33-17-13-30-60(66)63-49-58(43-44-67(63)73)74(57-41-37-50(38-42-57)51-39-45-71-64(47-51)61-31-15-19-35-69(61)75(71)55-25-9-3-10-26-55)68-34-18-14-29-59(68)52-40-46-72-65(48-52)62-32-16-20-36-70(62)76(72)56-27-11-4-12-28-56/h1-49H. The zero-order valence-electron chi connectivity index (χ0n) is 41.6. The first-order valence-electron chi connectivity index (χ1n) is 26.3. The number of fused-ring (bicyclic) bond motifs is 9. The van der Waals surface area contributed by atoms with Crippen LogP contribution in [0.25, 0.3) is 88.4 Å². The van der Waals surface area contributed by atoms with Gasteiger partial charge < -0.3 is 14.0 Å². The lowest BCUT2D eigenvalue weighted by Gasteiger charge is -2.34. The van der Waals surface area contributed by atoms with Gasteiger partial charge in [-0.05, 0) is 141 Å². The second-order valence-electron chi connectivity index (χ2n) is 20.0. The number of rotatable bonds is 9. The number of aromatic nitrogens is 2. The van der Waals surface area contributed by atoms with Crippen LogP contribution in [0.2, 0.25) is 0 Å². The van der Waals surface area contributed by atoms with Crippen LogP contribution in [0.4, 0.5) is 17.1 Å². The third kappa shape index (κ3) is 6.69. The first kappa shape index (κ1) is 43.6. The molecule has 12 aromatic carbocycles. The largest absolute Gasteiger partial charge is 0.310 e. The van der Waals surface area contributed by atoms with Gasteiger partial charge in [0.1, 0.15) is 0 Å². The van der Waals surface area contributed by atoms with Crippen molar-refractivity contribution in [1.29, 1.82) is 0 Å². The molecule has 3 heteroatoms. The van der Waals surface area contributed by atoms with Crippen molar-refractivity contribution in [3.05, 3.63) is 320 Å². The summed E-state index contributed by atoms with van der Waals surface area (Å²) in [5, 5.41) is 4.93. The van der Waals surface area contributed by atoms with Gasteiger partial charge in [0.2, 0.25) is 0 Å². The zero-order chi connectivity index (χ0) is 50.2. The number of para-hydroxylation sites is 5. The van der Waals surface area contributed by atoms with Crippen LogP contribution in [0.3, 0.4) is 0 Å². The molecule has 356 valence electrons. The summed E-state index contributed by atoms with van der Waals surface area (Å²) in [5.41, 5.74) is 22.0. The van der Waals surface area contributed by atoms with Crippen molar-refractivity contribution >= 4 is 60.7 Å². The molecule has 1 aliphatic carbocycles. The van der Waals surface area contributed by atoms with E-state index in [4.69, 9.17) is 0 Å². The van der Waals surface area contributed by atoms with Crippen LogP contribution in [0, 0.1) is 0 Å². The van der Waals surface area contributed by atoms with Gasteiger partial charge in [-0.1, -0.05) is 206 Å². The normalized spacial score (nSPS) is 12.6. The first-order chi connectivity index (χ1) is 37.7. The highest BCUT2D eigenvalue weighted by Gasteiger charge is 2.46. The smallest absolute Gasteiger partial charge is 0.0713 e. The van der Waals surface area contributed by atoms with Crippen molar-refractivity contribution < 1.29 is 0 Å². The van der Waals surface area contributed by atoms with Crippen LogP contribution in [-0.2, 0) is 5.41 Å². The minimum Gasteiger partial charge on any atom is -0.310 e. The van der Waals surface area contributed by atoms with Gasteiger partial charge in [0.15, 0.2) is 0 Å². The molecular weight excluding hydrogens is 919 g/mol. The molecule has 0 aliphatic heterocycles. The SMILES string of the molecule is c1ccc(-n2c3ccccc3c3cc(-c4ccc(N(c5ccc6c(c5)-c5ccccc5C6(c5ccccc5)c5ccccc5)c5ccccc5-c5ccc6c(c5)c5ccccc5n6-c5ccccc5)cc4)ccc32)cc1. The molecule has 0 bridgehead atoms. The summed E-state index contributed by atoms with van der Waals surface area (Å²) in [4.78, 5) is 2.47. The molecule has 2 aromatic heterocycles. The predicted molar refractivity (Wildman–Crippen MR) is 318 cm³/mol. The van der Waals surface area contributed by atoms with Crippen molar-refractivity contribution in [3.63, 3.8) is 0 Å². The van der Waals surface area contributed by atoms with Crippen molar-refractivity contribution in [2.24, 2.45) is 0 Å². The summed E-state index contributed by atoms with van der Waals surface area (Å²) in [5.74, 6) is 0. The molecule has 14 aromatic rings. The molecule has 76 heavy (non-hydrogen) atoms. The van der Waals surface area contributed by atoms with E-state index in [0.717, 1.165) is 45.1 Å². The topological polar surface area (TPSA) is 13.1 Å². The molecule has 0 amide bonds. The Morgan fingerprint density at radius 3 is 1.30 bits per heavy atom. The Bertz CT molecular complexity index is 4460. The van der Waals surface area contributed by atoms with Gasteiger partial charge in [-0.3, -0.25) is 0 Å². The van der Waals surface area contributed by atoms with Crippen LogP contribution in [-0.4, -0.2) is 9.13 Å². The van der Waals surface area contributed by atoms with Crippen molar-refractivity contribution in [2.45, 2.75) is 5.41 Å². The van der Waals surface area contributed by atoms with Crippen LogP contribution < -0.4 is 4.90 Å². The molecule has 0 atom stereocenters. The van der Waals surface area contributed by atoms with E-state index < -0.39 is 5.41 Å². The van der Waals surface area contributed by atoms with Gasteiger partial charge >= 0.3 is 0 Å². The fraction of sp³-hybridized carbons (Fsp3) is 0.0137. The van der Waals surface area contributed by atoms with Gasteiger partial charge in [-0.25, -0.2) is 0 Å². The average molecular weight is 968 g/mol. The quantitative estimate of drug-likeness (QED) is 0.140. The van der Waals surface area contributed by atoms with E-state index in [0.29, 0.717) is 0 Å². The minimum atomic E-state index is -0.500. The number of hydrogen-bond acceptors (Lipinski definition) is 1. The Kier molecular flexibility index (Phi) is 10.1. The lowest BCUT2D eigenvalue weighted by molar-refractivity contribution is 0.768. The fourth-order valence-corrected chi connectivity index (χ4v) is 12.7. The molecule has 0 unspecified atom stereocenters. The molecule has 0 N–H and O–H groups in total. The van der Waals surface area contributed by atoms with E-state index >= 15 is 0 Å². The van der Waals surface area contributed by atoms with Crippen molar-refractivity contribution in [2.75, 3.05) is 4.90 Å². The molecule has 1 aliphatic rings. The third-order valence-corrected chi connectivity index (χ3v) is 16.0. The van der Waals surface area contributed by atoms with Crippen molar-refractivity contribution in [3.8, 4) is 44.8 Å². The van der Waals surface area contributed by atoms with E-state index in [1.807, 2.05) is 0 Å². The molecule has 0 fully saturated rings. The predicted octanol–water partition coefficient (Wildman–Crippen LogP) is 19.0. The lowest BCUT2D eigenvalue weighted by atomic mass is 9.68. The Hall–Kier alpha value is -9.96. The zero-order valence-corrected chi connectivity index (χ0v) is 41.6. The van der Waals surface area contributed by atoms with Gasteiger partial charge in [-0.2, -0.15) is 0 Å². The molecule has 0 saturated carbocycles. The summed E-state index contributed by atoms with van der Waals surface area (Å²) in [6.45, 7) is 0. The number of nitrogens with zero attached hydrogens (tertiary/aromatic N) is 3. The average Bonchev–Trinajstić information content (AvgIpc) is 4.25. The van der Waals surface area contributed by atoms with E-state index in [9.17, 15) is 0 Å². The van der Waals surface area contributed by atoms with Gasteiger partial charge in [0, 0.05) is 49.9 Å². The van der Waals surface area contributed by atoms with E-state index in [-0.39, 0.29) is 0 Å². The Morgan fingerprint density at radius 2 is 0.697 bits per heavy atom. The van der Waals surface area contributed by atoms with E-state index in [1.54, 1.807) is 0 Å². The maximum Gasteiger partial charge on any atom is 0.0713 e. The Balaban J connectivity index is 0.920. The molecule has 15 rings (SSSR count). The van der Waals surface area contributed by atoms with Crippen LogP contribution in [0.5, 0.6) is 0 Å². The minimum absolute atomic E-state index is 0.500. The molecule has 3 nitrogen and oxygen atoms in total. The van der Waals surface area contributed by atoms with Gasteiger partial charge in [-0.15, -0.1) is 0 Å². The number of anilines is 3. The van der Waals surface area contributed by atoms with Gasteiger partial charge in [0.05, 0.1) is 33.2 Å². The lowest BCUT2D eigenvalue weighted by Crippen LogP contribution is -2.28. The van der Waals surface area contributed by atoms with Crippen LogP contribution in [0.15, 0.2) is 297 Å². The highest BCUT2D eigenvalue weighted by molar-refractivity contribution is 6.12. The number of benzene rings is 12. The molecule has 0 spiro atoms. The third-order valence-electron chi connectivity index (χ3n) is 16.0. The maximum atomic E-state index is 2.47. The van der Waals surface area contributed by atoms with E-state index in [2.05, 4.69) is 311 Å². The first-order valence-corrected chi connectivity index (χ1v) is 26.3. The summed E-state index contributed by atoms with van der Waals surface area (Å²) in [7, 11) is 0. The highest BCUT2D eigenvalue weighted by atomic mass is 15.1. The summed E-state index contributed by atoms with van der Waals surface area (Å²) < 4.78 is 4.77. The maximum absolute atomic E-state index is 2.47. The summed E-state index contributed by atoms with van der Waals surface area (Å²) in [6, 6.07) is 109. The molecule has 2 heterocycles. The second-order valence-corrected chi connectivity index (χ2v) is 20.0. The summed E-state index contributed by atoms with van der Waals surface area (Å²) in [6.07, 6.45) is 0. The molecule has 0 saturated heterocycles. The second kappa shape index (κ2) is 17.6. The monoisotopic (exact) mass is 967 g/mol. The van der Waals surface area contributed by atoms with Gasteiger partial charge in [0.25, 0.3) is 0 Å². The Labute approximate surface area is 442 Å².